The molecule has 0 bridgehead atoms. The molecule has 2 amide bonds. The molecule has 1 aliphatic heterocycles. The number of benzene rings is 1. The minimum Gasteiger partial charge on any atom is -0.383 e. The molecule has 0 saturated carbocycles. The van der Waals surface area contributed by atoms with Crippen LogP contribution >= 0.6 is 34.5 Å². The molecule has 2 aromatic rings. The number of halogens is 2. The van der Waals surface area contributed by atoms with Gasteiger partial charge in [0.15, 0.2) is 0 Å². The number of thiazole rings is 1. The first-order valence-electron chi connectivity index (χ1n) is 10.1. The molecular weight excluding hydrogens is 459 g/mol. The van der Waals surface area contributed by atoms with E-state index in [0.29, 0.717) is 54.2 Å². The van der Waals surface area contributed by atoms with E-state index < -0.39 is 6.10 Å². The van der Waals surface area contributed by atoms with Crippen LogP contribution in [0.4, 0.5) is 0 Å². The summed E-state index contributed by atoms with van der Waals surface area (Å²) in [4.78, 5) is 33.5. The first kappa shape index (κ1) is 23.9. The summed E-state index contributed by atoms with van der Waals surface area (Å²) in [7, 11) is 0. The zero-order valence-corrected chi connectivity index (χ0v) is 19.8. The van der Waals surface area contributed by atoms with Crippen LogP contribution in [0, 0.1) is 5.92 Å². The van der Waals surface area contributed by atoms with Crippen molar-refractivity contribution >= 4 is 46.4 Å². The van der Waals surface area contributed by atoms with Crippen molar-refractivity contribution in [3.8, 4) is 0 Å². The number of aromatic nitrogens is 1. The first-order chi connectivity index (χ1) is 14.7. The molecule has 1 aromatic carbocycles. The van der Waals surface area contributed by atoms with Gasteiger partial charge in [0.1, 0.15) is 16.0 Å². The number of nitrogens with zero attached hydrogens (tertiary/aromatic N) is 3. The number of hydrogen-bond acceptors (Lipinski definition) is 6. The number of carbonyl (C=O) groups is 2. The summed E-state index contributed by atoms with van der Waals surface area (Å²) in [6.45, 7) is 7.14. The number of amides is 2. The van der Waals surface area contributed by atoms with Gasteiger partial charge in [0.25, 0.3) is 11.8 Å². The molecule has 2 N–H and O–H groups in total. The lowest BCUT2D eigenvalue weighted by atomic mass is 10.1. The summed E-state index contributed by atoms with van der Waals surface area (Å²) in [6, 6.07) is 5.16. The van der Waals surface area contributed by atoms with Gasteiger partial charge in [-0.1, -0.05) is 43.1 Å². The molecule has 0 aliphatic carbocycles. The van der Waals surface area contributed by atoms with Crippen molar-refractivity contribution in [3.05, 3.63) is 49.9 Å². The van der Waals surface area contributed by atoms with Gasteiger partial charge in [-0.05, 0) is 23.6 Å². The normalized spacial score (nSPS) is 15.9. The minimum atomic E-state index is -0.950. The van der Waals surface area contributed by atoms with Crippen LogP contribution in [0.1, 0.15) is 34.1 Å². The molecule has 10 heteroatoms. The highest BCUT2D eigenvalue weighted by Gasteiger charge is 2.28. The summed E-state index contributed by atoms with van der Waals surface area (Å²) in [5, 5.41) is 14.7. The smallest absolute Gasteiger partial charge is 0.263 e. The van der Waals surface area contributed by atoms with Crippen molar-refractivity contribution in [2.45, 2.75) is 33.0 Å². The quantitative estimate of drug-likeness (QED) is 0.630. The van der Waals surface area contributed by atoms with Crippen LogP contribution in [0.25, 0.3) is 0 Å². The van der Waals surface area contributed by atoms with Crippen molar-refractivity contribution in [1.29, 1.82) is 0 Å². The number of aliphatic hydroxyl groups excluding tert-OH is 1. The van der Waals surface area contributed by atoms with Gasteiger partial charge in [-0.3, -0.25) is 14.5 Å². The molecule has 0 radical (unpaired) electrons. The van der Waals surface area contributed by atoms with Crippen molar-refractivity contribution in [1.82, 2.24) is 20.1 Å². The van der Waals surface area contributed by atoms with E-state index in [9.17, 15) is 14.7 Å². The second kappa shape index (κ2) is 10.7. The van der Waals surface area contributed by atoms with E-state index in [0.717, 1.165) is 10.6 Å². The number of aliphatic hydroxyl groups is 1. The van der Waals surface area contributed by atoms with E-state index in [1.54, 1.807) is 29.3 Å². The molecule has 3 rings (SSSR count). The maximum atomic E-state index is 12.4. The number of piperazine rings is 1. The van der Waals surface area contributed by atoms with Gasteiger partial charge in [0, 0.05) is 42.8 Å². The molecule has 0 unspecified atom stereocenters. The number of nitrogens with one attached hydrogen (secondary N) is 1. The third-order valence-electron chi connectivity index (χ3n) is 5.16. The minimum absolute atomic E-state index is 0.0962. The summed E-state index contributed by atoms with van der Waals surface area (Å²) in [6.07, 6.45) is 0.631. The maximum Gasteiger partial charge on any atom is 0.263 e. The zero-order valence-electron chi connectivity index (χ0n) is 17.5. The Bertz CT molecular complexity index is 929. The average molecular weight is 485 g/mol. The van der Waals surface area contributed by atoms with Crippen molar-refractivity contribution in [2.24, 2.45) is 5.92 Å². The van der Waals surface area contributed by atoms with Gasteiger partial charge in [0.2, 0.25) is 0 Å². The Labute approximate surface area is 196 Å². The van der Waals surface area contributed by atoms with Crippen LogP contribution in [-0.2, 0) is 17.9 Å². The van der Waals surface area contributed by atoms with Crippen LogP contribution in [0.2, 0.25) is 10.0 Å². The molecule has 1 aromatic heterocycles. The number of rotatable bonds is 7. The molecule has 1 atom stereocenters. The van der Waals surface area contributed by atoms with Gasteiger partial charge < -0.3 is 15.3 Å². The summed E-state index contributed by atoms with van der Waals surface area (Å²) >= 11 is 13.4. The van der Waals surface area contributed by atoms with Crippen molar-refractivity contribution in [3.63, 3.8) is 0 Å². The highest BCUT2D eigenvalue weighted by Crippen LogP contribution is 2.21. The second-order valence-corrected chi connectivity index (χ2v) is 9.79. The van der Waals surface area contributed by atoms with E-state index in [4.69, 9.17) is 23.2 Å². The van der Waals surface area contributed by atoms with Crippen molar-refractivity contribution in [2.75, 3.05) is 26.2 Å². The van der Waals surface area contributed by atoms with Crippen LogP contribution < -0.4 is 5.32 Å². The Balaban J connectivity index is 1.48. The molecule has 1 aliphatic rings. The molecule has 0 spiro atoms. The largest absolute Gasteiger partial charge is 0.383 e. The molecule has 1 saturated heterocycles. The summed E-state index contributed by atoms with van der Waals surface area (Å²) < 4.78 is 0. The van der Waals surface area contributed by atoms with E-state index in [1.165, 1.54) is 11.3 Å². The highest BCUT2D eigenvalue weighted by atomic mass is 35.5. The Hall–Kier alpha value is -1.71. The lowest BCUT2D eigenvalue weighted by Gasteiger charge is -2.35. The first-order valence-corrected chi connectivity index (χ1v) is 11.7. The Morgan fingerprint density at radius 2 is 1.94 bits per heavy atom. The standard InChI is InChI=1S/C21H26Cl2N4O3S/c1-13(2)19(28)21(30)27-7-5-26(6-8-27)12-18-24-11-17(31-18)20(29)25-10-14-3-4-15(22)9-16(14)23/h3-4,9,11,13,19,28H,5-8,10,12H2,1-2H3,(H,25,29)/t19-/m1/s1. The number of hydrogen-bond donors (Lipinski definition) is 2. The predicted molar refractivity (Wildman–Crippen MR) is 122 cm³/mol. The topological polar surface area (TPSA) is 85.8 Å². The molecule has 1 fully saturated rings. The van der Waals surface area contributed by atoms with Gasteiger partial charge in [-0.25, -0.2) is 4.98 Å². The van der Waals surface area contributed by atoms with Crippen LogP contribution in [0.5, 0.6) is 0 Å². The van der Waals surface area contributed by atoms with Gasteiger partial charge in [0.05, 0.1) is 12.7 Å². The summed E-state index contributed by atoms with van der Waals surface area (Å²) in [5.74, 6) is -0.502. The second-order valence-electron chi connectivity index (χ2n) is 7.83. The van der Waals surface area contributed by atoms with E-state index >= 15 is 0 Å². The molecule has 31 heavy (non-hydrogen) atoms. The van der Waals surface area contributed by atoms with E-state index in [-0.39, 0.29) is 17.7 Å². The van der Waals surface area contributed by atoms with Crippen LogP contribution in [0.15, 0.2) is 24.4 Å². The Morgan fingerprint density at radius 1 is 1.23 bits per heavy atom. The van der Waals surface area contributed by atoms with E-state index in [1.807, 2.05) is 13.8 Å². The summed E-state index contributed by atoms with van der Waals surface area (Å²) in [5.41, 5.74) is 0.791. The van der Waals surface area contributed by atoms with Gasteiger partial charge in [-0.2, -0.15) is 0 Å². The zero-order chi connectivity index (χ0) is 22.5. The predicted octanol–water partition coefficient (Wildman–Crippen LogP) is 3.04. The van der Waals surface area contributed by atoms with Gasteiger partial charge in [-0.15, -0.1) is 11.3 Å². The fourth-order valence-corrected chi connectivity index (χ4v) is 4.56. The fourth-order valence-electron chi connectivity index (χ4n) is 3.21. The highest BCUT2D eigenvalue weighted by molar-refractivity contribution is 7.13. The monoisotopic (exact) mass is 484 g/mol. The molecule has 7 nitrogen and oxygen atoms in total. The third-order valence-corrected chi connectivity index (χ3v) is 6.73. The van der Waals surface area contributed by atoms with Crippen molar-refractivity contribution < 1.29 is 14.7 Å². The third kappa shape index (κ3) is 6.40. The molecule has 168 valence electrons. The van der Waals surface area contributed by atoms with E-state index in [2.05, 4.69) is 15.2 Å². The van der Waals surface area contributed by atoms with Crippen LogP contribution in [0.3, 0.4) is 0 Å². The van der Waals surface area contributed by atoms with Crippen LogP contribution in [-0.4, -0.2) is 64.0 Å². The Morgan fingerprint density at radius 3 is 2.58 bits per heavy atom. The maximum absolute atomic E-state index is 12.4. The SMILES string of the molecule is CC(C)[C@@H](O)C(=O)N1CCN(Cc2ncc(C(=O)NCc3ccc(Cl)cc3Cl)s2)CC1. The fraction of sp³-hybridized carbons (Fsp3) is 0.476. The molecule has 2 heterocycles. The lowest BCUT2D eigenvalue weighted by molar-refractivity contribution is -0.144. The molecular formula is C21H26Cl2N4O3S. The van der Waals surface area contributed by atoms with Gasteiger partial charge >= 0.3 is 0 Å². The lowest BCUT2D eigenvalue weighted by Crippen LogP contribution is -2.51. The average Bonchev–Trinajstić information content (AvgIpc) is 3.21. The Kier molecular flexibility index (Phi) is 8.30. The number of carbonyl (C=O) groups excluding carboxylic acids is 2.